The summed E-state index contributed by atoms with van der Waals surface area (Å²) in [5.41, 5.74) is 1.30. The van der Waals surface area contributed by atoms with E-state index in [2.05, 4.69) is 69.2 Å². The molecule has 1 atom stereocenters. The molecule has 2 N–H and O–H groups in total. The highest BCUT2D eigenvalue weighted by Gasteiger charge is 2.44. The fourth-order valence-electron chi connectivity index (χ4n) is 4.43. The first-order valence-electron chi connectivity index (χ1n) is 12.5. The Bertz CT molecular complexity index is 644. The molecule has 3 nitrogen and oxygen atoms in total. The molecule has 32 heavy (non-hydrogen) atoms. The maximum atomic E-state index is 12.8. The topological polar surface area (TPSA) is 41.1 Å². The minimum Gasteiger partial charge on any atom is -0.345 e. The Hall–Kier alpha value is -1.32. The SMILES string of the molecule is C=C(C)C(=O)NC(CCC)(CCCCCCCCCC)C(C)(C)NCc1ccccc1.Cl. The third-order valence-electron chi connectivity index (χ3n) is 6.65. The summed E-state index contributed by atoms with van der Waals surface area (Å²) in [5, 5.41) is 7.20. The fraction of sp³-hybridized carbons (Fsp3) is 0.679. The first-order valence-corrected chi connectivity index (χ1v) is 12.5. The van der Waals surface area contributed by atoms with Crippen LogP contribution in [0.3, 0.4) is 0 Å². The Morgan fingerprint density at radius 2 is 1.44 bits per heavy atom. The number of benzene rings is 1. The quantitative estimate of drug-likeness (QED) is 0.183. The van der Waals surface area contributed by atoms with E-state index in [9.17, 15) is 4.79 Å². The fourth-order valence-corrected chi connectivity index (χ4v) is 4.43. The van der Waals surface area contributed by atoms with Gasteiger partial charge in [-0.15, -0.1) is 12.4 Å². The molecule has 184 valence electrons. The lowest BCUT2D eigenvalue weighted by atomic mass is 9.72. The molecule has 0 fully saturated rings. The number of halogens is 1. The number of carbonyl (C=O) groups excluding carboxylic acids is 1. The van der Waals surface area contributed by atoms with Gasteiger partial charge < -0.3 is 10.6 Å². The molecule has 0 saturated carbocycles. The average Bonchev–Trinajstić information content (AvgIpc) is 2.74. The lowest BCUT2D eigenvalue weighted by Crippen LogP contribution is -2.67. The predicted octanol–water partition coefficient (Wildman–Crippen LogP) is 7.74. The van der Waals surface area contributed by atoms with Crippen LogP contribution in [0.2, 0.25) is 0 Å². The maximum absolute atomic E-state index is 12.8. The van der Waals surface area contributed by atoms with Crippen LogP contribution in [0.25, 0.3) is 0 Å². The molecule has 0 radical (unpaired) electrons. The normalized spacial score (nSPS) is 13.2. The van der Waals surface area contributed by atoms with Crippen LogP contribution in [0.1, 0.15) is 111 Å². The van der Waals surface area contributed by atoms with Gasteiger partial charge in [0, 0.05) is 17.7 Å². The van der Waals surface area contributed by atoms with E-state index in [0.29, 0.717) is 5.57 Å². The zero-order chi connectivity index (χ0) is 23.2. The standard InChI is InChI=1S/C28H48N2O.ClH/c1-7-9-10-11-12-13-14-18-22-28(21-8-2,30-26(31)24(3)4)27(5,6)29-23-25-19-16-15-17-20-25;/h15-17,19-20,29H,3,7-14,18,21-23H2,1-2,4-6H3,(H,30,31);1H. The molecule has 1 amide bonds. The molecule has 0 bridgehead atoms. The van der Waals surface area contributed by atoms with E-state index in [-0.39, 0.29) is 29.4 Å². The second kappa shape index (κ2) is 16.3. The van der Waals surface area contributed by atoms with Crippen LogP contribution in [-0.2, 0) is 11.3 Å². The molecule has 1 rings (SSSR count). The Morgan fingerprint density at radius 1 is 0.875 bits per heavy atom. The average molecular weight is 465 g/mol. The largest absolute Gasteiger partial charge is 0.345 e. The van der Waals surface area contributed by atoms with E-state index in [1.165, 1.54) is 50.5 Å². The second-order valence-corrected chi connectivity index (χ2v) is 9.76. The summed E-state index contributed by atoms with van der Waals surface area (Å²) >= 11 is 0. The van der Waals surface area contributed by atoms with E-state index >= 15 is 0 Å². The summed E-state index contributed by atoms with van der Waals surface area (Å²) < 4.78 is 0. The molecule has 1 aromatic carbocycles. The first kappa shape index (κ1) is 30.7. The van der Waals surface area contributed by atoms with E-state index in [1.54, 1.807) is 6.92 Å². The number of rotatable bonds is 17. The van der Waals surface area contributed by atoms with Crippen LogP contribution in [0.4, 0.5) is 0 Å². The smallest absolute Gasteiger partial charge is 0.246 e. The molecule has 0 saturated heterocycles. The van der Waals surface area contributed by atoms with Gasteiger partial charge in [0.1, 0.15) is 0 Å². The number of hydrogen-bond donors (Lipinski definition) is 2. The van der Waals surface area contributed by atoms with Crippen molar-refractivity contribution < 1.29 is 4.79 Å². The van der Waals surface area contributed by atoms with Crippen LogP contribution in [0.15, 0.2) is 42.5 Å². The van der Waals surface area contributed by atoms with Gasteiger partial charge >= 0.3 is 0 Å². The maximum Gasteiger partial charge on any atom is 0.246 e. The van der Waals surface area contributed by atoms with Crippen molar-refractivity contribution in [1.29, 1.82) is 0 Å². The zero-order valence-electron chi connectivity index (χ0n) is 21.4. The monoisotopic (exact) mass is 464 g/mol. The number of nitrogens with one attached hydrogen (secondary N) is 2. The van der Waals surface area contributed by atoms with Gasteiger partial charge in [0.15, 0.2) is 0 Å². The molecule has 0 spiro atoms. The Kier molecular flexibility index (Phi) is 15.6. The van der Waals surface area contributed by atoms with Crippen molar-refractivity contribution in [2.75, 3.05) is 0 Å². The van der Waals surface area contributed by atoms with Crippen molar-refractivity contribution in [1.82, 2.24) is 10.6 Å². The van der Waals surface area contributed by atoms with E-state index < -0.39 is 0 Å². The summed E-state index contributed by atoms with van der Waals surface area (Å²) in [6, 6.07) is 10.5. The Labute approximate surface area is 204 Å². The first-order chi connectivity index (χ1) is 14.8. The molecule has 0 aliphatic carbocycles. The van der Waals surface area contributed by atoms with Crippen LogP contribution in [0.5, 0.6) is 0 Å². The number of carbonyl (C=O) groups is 1. The van der Waals surface area contributed by atoms with Crippen molar-refractivity contribution in [3.05, 3.63) is 48.0 Å². The zero-order valence-corrected chi connectivity index (χ0v) is 22.2. The van der Waals surface area contributed by atoms with Crippen molar-refractivity contribution in [3.8, 4) is 0 Å². The predicted molar refractivity (Wildman–Crippen MR) is 142 cm³/mol. The molecule has 1 aromatic rings. The van der Waals surface area contributed by atoms with Crippen LogP contribution >= 0.6 is 12.4 Å². The van der Waals surface area contributed by atoms with Crippen LogP contribution in [0, 0.1) is 0 Å². The summed E-state index contributed by atoms with van der Waals surface area (Å²) in [7, 11) is 0. The summed E-state index contributed by atoms with van der Waals surface area (Å²) in [6.07, 6.45) is 13.3. The van der Waals surface area contributed by atoms with Gasteiger partial charge in [-0.05, 0) is 39.2 Å². The minimum atomic E-state index is -0.297. The van der Waals surface area contributed by atoms with Gasteiger partial charge in [-0.25, -0.2) is 0 Å². The molecular formula is C28H49ClN2O. The highest BCUT2D eigenvalue weighted by Crippen LogP contribution is 2.33. The lowest BCUT2D eigenvalue weighted by molar-refractivity contribution is -0.120. The molecular weight excluding hydrogens is 416 g/mol. The highest BCUT2D eigenvalue weighted by atomic mass is 35.5. The highest BCUT2D eigenvalue weighted by molar-refractivity contribution is 5.92. The van der Waals surface area contributed by atoms with Crippen LogP contribution in [-0.4, -0.2) is 17.0 Å². The van der Waals surface area contributed by atoms with Crippen molar-refractivity contribution in [3.63, 3.8) is 0 Å². The third kappa shape index (κ3) is 10.5. The number of hydrogen-bond acceptors (Lipinski definition) is 2. The molecule has 1 unspecified atom stereocenters. The van der Waals surface area contributed by atoms with Crippen LogP contribution < -0.4 is 10.6 Å². The third-order valence-corrected chi connectivity index (χ3v) is 6.65. The minimum absolute atomic E-state index is 0. The number of amides is 1. The number of unbranched alkanes of at least 4 members (excludes halogenated alkanes) is 7. The Morgan fingerprint density at radius 3 is 1.97 bits per heavy atom. The molecule has 0 aliphatic rings. The molecule has 0 aromatic heterocycles. The molecule has 0 heterocycles. The molecule has 0 aliphatic heterocycles. The Balaban J connectivity index is 0.00000961. The van der Waals surface area contributed by atoms with Gasteiger partial charge in [-0.2, -0.15) is 0 Å². The van der Waals surface area contributed by atoms with E-state index in [4.69, 9.17) is 0 Å². The van der Waals surface area contributed by atoms with E-state index in [1.807, 2.05) is 6.07 Å². The van der Waals surface area contributed by atoms with Crippen molar-refractivity contribution in [2.24, 2.45) is 0 Å². The lowest BCUT2D eigenvalue weighted by Gasteiger charge is -2.48. The van der Waals surface area contributed by atoms with Gasteiger partial charge in [0.2, 0.25) is 5.91 Å². The summed E-state index contributed by atoms with van der Waals surface area (Å²) in [4.78, 5) is 12.8. The van der Waals surface area contributed by atoms with Gasteiger partial charge in [-0.1, -0.05) is 109 Å². The van der Waals surface area contributed by atoms with Gasteiger partial charge in [0.05, 0.1) is 5.54 Å². The second-order valence-electron chi connectivity index (χ2n) is 9.76. The van der Waals surface area contributed by atoms with Crippen molar-refractivity contribution >= 4 is 18.3 Å². The van der Waals surface area contributed by atoms with Crippen molar-refractivity contribution in [2.45, 2.75) is 123 Å². The van der Waals surface area contributed by atoms with E-state index in [0.717, 1.165) is 32.2 Å². The summed E-state index contributed by atoms with van der Waals surface area (Å²) in [5.74, 6) is -0.0254. The van der Waals surface area contributed by atoms with Gasteiger partial charge in [-0.3, -0.25) is 4.79 Å². The van der Waals surface area contributed by atoms with Gasteiger partial charge in [0.25, 0.3) is 0 Å². The summed E-state index contributed by atoms with van der Waals surface area (Å²) in [6.45, 7) is 15.4. The molecule has 4 heteroatoms.